The summed E-state index contributed by atoms with van der Waals surface area (Å²) in [6.07, 6.45) is 0. The Morgan fingerprint density at radius 1 is 0.500 bits per heavy atom. The molecule has 4 heteroatoms. The van der Waals surface area contributed by atoms with Crippen molar-refractivity contribution >= 4 is 34.5 Å². The molecular weight excluding hydrogens is 491 g/mol. The third-order valence-electron chi connectivity index (χ3n) is 8.58. The highest BCUT2D eigenvalue weighted by Gasteiger charge is 2.52. The summed E-state index contributed by atoms with van der Waals surface area (Å²) in [5, 5.41) is 2.12. The lowest BCUT2D eigenvalue weighted by Crippen LogP contribution is -2.41. The largest absolute Gasteiger partial charge is 0.495 e. The van der Waals surface area contributed by atoms with Gasteiger partial charge in [0, 0.05) is 16.3 Å². The Morgan fingerprint density at radius 3 is 1.62 bits per heavy atom. The number of hydrogen-bond donors (Lipinski definition) is 0. The van der Waals surface area contributed by atoms with Crippen molar-refractivity contribution in [3.05, 3.63) is 115 Å². The third kappa shape index (κ3) is 4.07. The molecule has 0 amide bonds. The molecule has 1 fully saturated rings. The summed E-state index contributed by atoms with van der Waals surface area (Å²) in [4.78, 5) is 0. The quantitative estimate of drug-likeness (QED) is 0.217. The van der Waals surface area contributed by atoms with E-state index < -0.39 is 18.3 Å². The zero-order valence-corrected chi connectivity index (χ0v) is 23.3. The Labute approximate surface area is 235 Å². The van der Waals surface area contributed by atoms with E-state index in [4.69, 9.17) is 13.7 Å². The number of furan rings is 1. The van der Waals surface area contributed by atoms with Crippen molar-refractivity contribution in [1.29, 1.82) is 0 Å². The minimum absolute atomic E-state index is 0.409. The van der Waals surface area contributed by atoms with E-state index in [1.165, 1.54) is 22.3 Å². The van der Waals surface area contributed by atoms with E-state index in [9.17, 15) is 0 Å². The topological polar surface area (TPSA) is 31.6 Å². The SMILES string of the molecule is CC1(C)OB(c2cccc3oc4c(-c5ccc(-c6ccc(-c7ccccc7)cc6)cc5)cccc4c23)OC1(C)C. The first-order chi connectivity index (χ1) is 19.3. The lowest BCUT2D eigenvalue weighted by atomic mass is 9.76. The molecular formula is C36H31BO3. The summed E-state index contributed by atoms with van der Waals surface area (Å²) < 4.78 is 19.3. The molecule has 0 unspecified atom stereocenters. The summed E-state index contributed by atoms with van der Waals surface area (Å²) >= 11 is 0. The van der Waals surface area contributed by atoms with Gasteiger partial charge in [-0.05, 0) is 67.0 Å². The molecule has 196 valence electrons. The van der Waals surface area contributed by atoms with Crippen LogP contribution < -0.4 is 5.46 Å². The maximum Gasteiger partial charge on any atom is 0.495 e. The van der Waals surface area contributed by atoms with Gasteiger partial charge in [0.25, 0.3) is 0 Å². The normalized spacial score (nSPS) is 16.1. The number of fused-ring (bicyclic) bond motifs is 3. The molecule has 1 aromatic heterocycles. The molecule has 0 aliphatic carbocycles. The molecule has 0 N–H and O–H groups in total. The van der Waals surface area contributed by atoms with Crippen molar-refractivity contribution in [3.63, 3.8) is 0 Å². The predicted octanol–water partition coefficient (Wildman–Crippen LogP) is 8.89. The second-order valence-electron chi connectivity index (χ2n) is 11.6. The minimum Gasteiger partial charge on any atom is -0.455 e. The first-order valence-corrected chi connectivity index (χ1v) is 13.9. The second kappa shape index (κ2) is 9.23. The van der Waals surface area contributed by atoms with Gasteiger partial charge in [0.15, 0.2) is 0 Å². The summed E-state index contributed by atoms with van der Waals surface area (Å²) in [5.41, 5.74) is 8.91. The van der Waals surface area contributed by atoms with Crippen molar-refractivity contribution in [2.75, 3.05) is 0 Å². The number of hydrogen-bond acceptors (Lipinski definition) is 3. The van der Waals surface area contributed by atoms with Crippen LogP contribution in [0.1, 0.15) is 27.7 Å². The molecule has 7 rings (SSSR count). The molecule has 1 saturated heterocycles. The molecule has 2 heterocycles. The lowest BCUT2D eigenvalue weighted by Gasteiger charge is -2.32. The van der Waals surface area contributed by atoms with Crippen LogP contribution in [0.15, 0.2) is 120 Å². The van der Waals surface area contributed by atoms with Gasteiger partial charge in [-0.1, -0.05) is 109 Å². The molecule has 0 spiro atoms. The van der Waals surface area contributed by atoms with Gasteiger partial charge in [0.05, 0.1) is 11.2 Å². The van der Waals surface area contributed by atoms with Crippen molar-refractivity contribution in [2.24, 2.45) is 0 Å². The molecule has 6 aromatic rings. The molecule has 3 nitrogen and oxygen atoms in total. The summed E-state index contributed by atoms with van der Waals surface area (Å²) in [7, 11) is -0.453. The van der Waals surface area contributed by atoms with Crippen LogP contribution in [0.5, 0.6) is 0 Å². The Hall–Kier alpha value is -4.12. The van der Waals surface area contributed by atoms with Crippen LogP contribution in [0.3, 0.4) is 0 Å². The van der Waals surface area contributed by atoms with Crippen LogP contribution in [0.2, 0.25) is 0 Å². The van der Waals surface area contributed by atoms with Crippen LogP contribution in [-0.2, 0) is 9.31 Å². The van der Waals surface area contributed by atoms with Crippen molar-refractivity contribution in [3.8, 4) is 33.4 Å². The molecule has 0 saturated carbocycles. The smallest absolute Gasteiger partial charge is 0.455 e. The van der Waals surface area contributed by atoms with Crippen molar-refractivity contribution in [2.45, 2.75) is 38.9 Å². The number of benzene rings is 5. The van der Waals surface area contributed by atoms with Gasteiger partial charge >= 0.3 is 7.12 Å². The lowest BCUT2D eigenvalue weighted by molar-refractivity contribution is 0.00578. The number of rotatable bonds is 4. The standard InChI is InChI=1S/C36H31BO3/c1-35(2)36(3,4)40-37(39-35)31-14-9-15-32-33(31)30-13-8-12-29(34(30)38-32)28-22-20-27(21-23-28)26-18-16-25(17-19-26)24-10-6-5-7-11-24/h5-23H,1-4H3. The Morgan fingerprint density at radius 2 is 1.02 bits per heavy atom. The Kier molecular flexibility index (Phi) is 5.74. The molecule has 40 heavy (non-hydrogen) atoms. The molecule has 1 aliphatic rings. The van der Waals surface area contributed by atoms with E-state index in [1.807, 2.05) is 18.2 Å². The highest BCUT2D eigenvalue weighted by atomic mass is 16.7. The van der Waals surface area contributed by atoms with Gasteiger partial charge in [-0.15, -0.1) is 0 Å². The van der Waals surface area contributed by atoms with E-state index in [0.29, 0.717) is 0 Å². The van der Waals surface area contributed by atoms with Crippen molar-refractivity contribution in [1.82, 2.24) is 0 Å². The van der Waals surface area contributed by atoms with Gasteiger partial charge in [-0.25, -0.2) is 0 Å². The van der Waals surface area contributed by atoms with Crippen molar-refractivity contribution < 1.29 is 13.7 Å². The van der Waals surface area contributed by atoms with Gasteiger partial charge in [0.2, 0.25) is 0 Å². The maximum absolute atomic E-state index is 6.50. The highest BCUT2D eigenvalue weighted by molar-refractivity contribution is 6.66. The zero-order chi connectivity index (χ0) is 27.5. The van der Waals surface area contributed by atoms with Crippen LogP contribution in [0, 0.1) is 0 Å². The summed E-state index contributed by atoms with van der Waals surface area (Å²) in [6.45, 7) is 8.33. The van der Waals surface area contributed by atoms with Gasteiger partial charge in [-0.3, -0.25) is 0 Å². The van der Waals surface area contributed by atoms with Gasteiger partial charge in [0.1, 0.15) is 11.2 Å². The Balaban J connectivity index is 1.24. The van der Waals surface area contributed by atoms with Gasteiger partial charge in [-0.2, -0.15) is 0 Å². The molecule has 0 radical (unpaired) electrons. The average Bonchev–Trinajstić information content (AvgIpc) is 3.46. The van der Waals surface area contributed by atoms with Crippen LogP contribution >= 0.6 is 0 Å². The molecule has 0 bridgehead atoms. The van der Waals surface area contributed by atoms with Crippen LogP contribution in [0.4, 0.5) is 0 Å². The summed E-state index contributed by atoms with van der Waals surface area (Å²) in [5.74, 6) is 0. The maximum atomic E-state index is 6.50. The fourth-order valence-electron chi connectivity index (χ4n) is 5.60. The van der Waals surface area contributed by atoms with Crippen LogP contribution in [-0.4, -0.2) is 18.3 Å². The molecule has 5 aromatic carbocycles. The average molecular weight is 522 g/mol. The third-order valence-corrected chi connectivity index (χ3v) is 8.58. The predicted molar refractivity (Wildman–Crippen MR) is 166 cm³/mol. The Bertz CT molecular complexity index is 1820. The van der Waals surface area contributed by atoms with Gasteiger partial charge < -0.3 is 13.7 Å². The van der Waals surface area contributed by atoms with E-state index in [2.05, 4.69) is 125 Å². The number of para-hydroxylation sites is 1. The van der Waals surface area contributed by atoms with Crippen LogP contribution in [0.25, 0.3) is 55.3 Å². The van der Waals surface area contributed by atoms with E-state index in [1.54, 1.807) is 0 Å². The van der Waals surface area contributed by atoms with E-state index in [-0.39, 0.29) is 0 Å². The van der Waals surface area contributed by atoms with E-state index >= 15 is 0 Å². The fourth-order valence-corrected chi connectivity index (χ4v) is 5.60. The molecule has 0 atom stereocenters. The fraction of sp³-hybridized carbons (Fsp3) is 0.167. The molecule has 1 aliphatic heterocycles. The monoisotopic (exact) mass is 522 g/mol. The second-order valence-corrected chi connectivity index (χ2v) is 11.6. The minimum atomic E-state index is -0.453. The first-order valence-electron chi connectivity index (χ1n) is 13.9. The summed E-state index contributed by atoms with van der Waals surface area (Å²) in [6, 6.07) is 40.4. The highest BCUT2D eigenvalue weighted by Crippen LogP contribution is 2.40. The zero-order valence-electron chi connectivity index (χ0n) is 23.3. The van der Waals surface area contributed by atoms with E-state index in [0.717, 1.165) is 38.5 Å². The first kappa shape index (κ1) is 24.9.